The molecule has 0 spiro atoms. The van der Waals surface area contributed by atoms with Crippen molar-refractivity contribution in [1.29, 1.82) is 0 Å². The van der Waals surface area contributed by atoms with Crippen LogP contribution in [0.3, 0.4) is 0 Å². The third-order valence-electron chi connectivity index (χ3n) is 5.21. The quantitative estimate of drug-likeness (QED) is 0.692. The summed E-state index contributed by atoms with van der Waals surface area (Å²) in [6.45, 7) is 4.84. The number of hydrogen-bond acceptors (Lipinski definition) is 5. The van der Waals surface area contributed by atoms with Gasteiger partial charge in [-0.25, -0.2) is 13.4 Å². The number of benzene rings is 1. The van der Waals surface area contributed by atoms with E-state index in [4.69, 9.17) is 4.74 Å². The van der Waals surface area contributed by atoms with E-state index < -0.39 is 9.84 Å². The Bertz CT molecular complexity index is 833. The molecule has 0 saturated carbocycles. The predicted molar refractivity (Wildman–Crippen MR) is 105 cm³/mol. The molecule has 2 aromatic rings. The smallest absolute Gasteiger partial charge is 0.227 e. The van der Waals surface area contributed by atoms with Crippen LogP contribution in [0.5, 0.6) is 0 Å². The number of nitrogens with zero attached hydrogens (tertiary/aromatic N) is 3. The van der Waals surface area contributed by atoms with Crippen molar-refractivity contribution < 1.29 is 13.2 Å². The Labute approximate surface area is 162 Å². The van der Waals surface area contributed by atoms with Gasteiger partial charge >= 0.3 is 0 Å². The number of piperidine rings is 1. The molecule has 0 aliphatic carbocycles. The van der Waals surface area contributed by atoms with Crippen LogP contribution < -0.4 is 0 Å². The fourth-order valence-electron chi connectivity index (χ4n) is 3.60. The first-order valence-electron chi connectivity index (χ1n) is 9.59. The SMILES string of the molecule is CCS(=O)(=O)c1ncc(CN2CCCC(OC)C2)n1CCc1ccccc1. The minimum atomic E-state index is -3.36. The Hall–Kier alpha value is -1.70. The van der Waals surface area contributed by atoms with Crippen molar-refractivity contribution in [2.45, 2.75) is 50.5 Å². The van der Waals surface area contributed by atoms with Gasteiger partial charge in [-0.15, -0.1) is 0 Å². The van der Waals surface area contributed by atoms with Gasteiger partial charge in [0.1, 0.15) is 0 Å². The lowest BCUT2D eigenvalue weighted by Crippen LogP contribution is -2.39. The Kier molecular flexibility index (Phi) is 6.68. The number of aryl methyl sites for hydroxylation is 1. The molecule has 3 rings (SSSR count). The van der Waals surface area contributed by atoms with Gasteiger partial charge in [0.05, 0.1) is 23.7 Å². The zero-order valence-electron chi connectivity index (χ0n) is 16.2. The number of aromatic nitrogens is 2. The van der Waals surface area contributed by atoms with Crippen LogP contribution in [-0.4, -0.2) is 54.9 Å². The highest BCUT2D eigenvalue weighted by Crippen LogP contribution is 2.19. The average molecular weight is 392 g/mol. The summed E-state index contributed by atoms with van der Waals surface area (Å²) in [7, 11) is -1.61. The van der Waals surface area contributed by atoms with Crippen molar-refractivity contribution in [2.75, 3.05) is 26.0 Å². The fourth-order valence-corrected chi connectivity index (χ4v) is 4.61. The summed E-state index contributed by atoms with van der Waals surface area (Å²) < 4.78 is 32.4. The molecule has 1 aromatic heterocycles. The number of methoxy groups -OCH3 is 1. The lowest BCUT2D eigenvalue weighted by Gasteiger charge is -2.32. The molecular weight excluding hydrogens is 362 g/mol. The molecule has 0 amide bonds. The number of imidazole rings is 1. The van der Waals surface area contributed by atoms with Gasteiger partial charge in [0.25, 0.3) is 0 Å². The topological polar surface area (TPSA) is 64.4 Å². The van der Waals surface area contributed by atoms with Crippen molar-refractivity contribution in [1.82, 2.24) is 14.5 Å². The molecule has 1 aliphatic heterocycles. The second kappa shape index (κ2) is 8.99. The van der Waals surface area contributed by atoms with Gasteiger partial charge < -0.3 is 9.30 Å². The van der Waals surface area contributed by atoms with Gasteiger partial charge in [-0.3, -0.25) is 4.90 Å². The van der Waals surface area contributed by atoms with E-state index in [0.29, 0.717) is 13.1 Å². The normalized spacial score (nSPS) is 18.7. The molecule has 2 heterocycles. The highest BCUT2D eigenvalue weighted by atomic mass is 32.2. The lowest BCUT2D eigenvalue weighted by molar-refractivity contribution is 0.0277. The summed E-state index contributed by atoms with van der Waals surface area (Å²) in [5.74, 6) is 0.0598. The maximum Gasteiger partial charge on any atom is 0.227 e. The van der Waals surface area contributed by atoms with E-state index in [9.17, 15) is 8.42 Å². The molecule has 6 nitrogen and oxygen atoms in total. The Morgan fingerprint density at radius 1 is 1.26 bits per heavy atom. The molecule has 0 bridgehead atoms. The van der Waals surface area contributed by atoms with Gasteiger partial charge in [-0.1, -0.05) is 37.3 Å². The molecule has 1 aromatic carbocycles. The summed E-state index contributed by atoms with van der Waals surface area (Å²) in [6, 6.07) is 10.1. The van der Waals surface area contributed by atoms with Gasteiger partial charge in [-0.05, 0) is 31.4 Å². The van der Waals surface area contributed by atoms with Crippen LogP contribution >= 0.6 is 0 Å². The molecule has 1 unspecified atom stereocenters. The zero-order valence-corrected chi connectivity index (χ0v) is 17.0. The average Bonchev–Trinajstić information content (AvgIpc) is 3.10. The van der Waals surface area contributed by atoms with Crippen molar-refractivity contribution in [3.63, 3.8) is 0 Å². The monoisotopic (exact) mass is 391 g/mol. The summed E-state index contributed by atoms with van der Waals surface area (Å²) in [5, 5.41) is 0.191. The zero-order chi connectivity index (χ0) is 19.3. The Morgan fingerprint density at radius 2 is 2.04 bits per heavy atom. The number of rotatable bonds is 8. The van der Waals surface area contributed by atoms with E-state index in [-0.39, 0.29) is 17.0 Å². The first-order chi connectivity index (χ1) is 13.0. The number of hydrogen-bond donors (Lipinski definition) is 0. The third kappa shape index (κ3) is 4.97. The van der Waals surface area contributed by atoms with Crippen LogP contribution in [0.4, 0.5) is 0 Å². The van der Waals surface area contributed by atoms with Gasteiger partial charge in [0, 0.05) is 26.7 Å². The van der Waals surface area contributed by atoms with Gasteiger partial charge in [0.2, 0.25) is 15.0 Å². The van der Waals surface area contributed by atoms with Gasteiger partial charge in [0.15, 0.2) is 0 Å². The van der Waals surface area contributed by atoms with Crippen molar-refractivity contribution in [2.24, 2.45) is 0 Å². The van der Waals surface area contributed by atoms with E-state index in [1.165, 1.54) is 5.56 Å². The van der Waals surface area contributed by atoms with E-state index in [0.717, 1.165) is 38.0 Å². The minimum absolute atomic E-state index is 0.0598. The maximum atomic E-state index is 12.5. The fraction of sp³-hybridized carbons (Fsp3) is 0.550. The van der Waals surface area contributed by atoms with E-state index in [1.54, 1.807) is 20.2 Å². The molecular formula is C20H29N3O3S. The second-order valence-corrected chi connectivity index (χ2v) is 9.23. The first-order valence-corrected chi connectivity index (χ1v) is 11.2. The summed E-state index contributed by atoms with van der Waals surface area (Å²) in [5.41, 5.74) is 2.14. The number of ether oxygens (including phenoxy) is 1. The van der Waals surface area contributed by atoms with Crippen LogP contribution in [0.15, 0.2) is 41.7 Å². The van der Waals surface area contributed by atoms with Crippen LogP contribution in [0.1, 0.15) is 31.0 Å². The lowest BCUT2D eigenvalue weighted by atomic mass is 10.1. The van der Waals surface area contributed by atoms with Crippen LogP contribution in [-0.2, 0) is 34.1 Å². The largest absolute Gasteiger partial charge is 0.380 e. The van der Waals surface area contributed by atoms with Crippen molar-refractivity contribution in [3.8, 4) is 0 Å². The molecule has 27 heavy (non-hydrogen) atoms. The van der Waals surface area contributed by atoms with Crippen LogP contribution in [0.2, 0.25) is 0 Å². The maximum absolute atomic E-state index is 12.5. The Balaban J connectivity index is 1.82. The second-order valence-electron chi connectivity index (χ2n) is 7.06. The van der Waals surface area contributed by atoms with Crippen LogP contribution in [0, 0.1) is 0 Å². The predicted octanol–water partition coefficient (Wildman–Crippen LogP) is 2.53. The minimum Gasteiger partial charge on any atom is -0.380 e. The molecule has 7 heteroatoms. The summed E-state index contributed by atoms with van der Waals surface area (Å²) in [4.78, 5) is 6.62. The third-order valence-corrected chi connectivity index (χ3v) is 6.85. The first kappa shape index (κ1) is 20.0. The molecule has 1 atom stereocenters. The highest BCUT2D eigenvalue weighted by molar-refractivity contribution is 7.91. The molecule has 0 radical (unpaired) electrons. The highest BCUT2D eigenvalue weighted by Gasteiger charge is 2.24. The van der Waals surface area contributed by atoms with E-state index >= 15 is 0 Å². The molecule has 1 saturated heterocycles. The number of sulfone groups is 1. The standard InChI is InChI=1S/C20H29N3O3S/c1-3-27(24,25)20-21-14-18(15-22-12-7-10-19(16-22)26-2)23(20)13-11-17-8-5-4-6-9-17/h4-6,8-9,14,19H,3,7,10-13,15-16H2,1-2H3. The summed E-state index contributed by atoms with van der Waals surface area (Å²) in [6.07, 6.45) is 4.92. The molecule has 1 fully saturated rings. The van der Waals surface area contributed by atoms with Crippen LogP contribution in [0.25, 0.3) is 0 Å². The van der Waals surface area contributed by atoms with Gasteiger partial charge in [-0.2, -0.15) is 0 Å². The van der Waals surface area contributed by atoms with E-state index in [2.05, 4.69) is 22.0 Å². The van der Waals surface area contributed by atoms with Crippen molar-refractivity contribution in [3.05, 3.63) is 47.8 Å². The molecule has 1 aliphatic rings. The molecule has 148 valence electrons. The van der Waals surface area contributed by atoms with Crippen molar-refractivity contribution >= 4 is 9.84 Å². The van der Waals surface area contributed by atoms with E-state index in [1.807, 2.05) is 22.8 Å². The molecule has 0 N–H and O–H groups in total. The Morgan fingerprint density at radius 3 is 2.74 bits per heavy atom. The summed E-state index contributed by atoms with van der Waals surface area (Å²) >= 11 is 0. The number of likely N-dealkylation sites (tertiary alicyclic amines) is 1.